The van der Waals surface area contributed by atoms with E-state index in [9.17, 15) is 0 Å². The first-order valence-corrected chi connectivity index (χ1v) is 7.95. The summed E-state index contributed by atoms with van der Waals surface area (Å²) >= 11 is 0. The van der Waals surface area contributed by atoms with Crippen molar-refractivity contribution in [1.29, 1.82) is 0 Å². The second-order valence-electron chi connectivity index (χ2n) is 5.73. The molecule has 0 saturated carbocycles. The fourth-order valence-electron chi connectivity index (χ4n) is 2.83. The topological polar surface area (TPSA) is 30.7 Å². The molecule has 0 unspecified atom stereocenters. The predicted octanol–water partition coefficient (Wildman–Crippen LogP) is 4.90. The minimum Gasteiger partial charge on any atom is -0.277 e. The van der Waals surface area contributed by atoms with Crippen LogP contribution in [0.4, 0.5) is 0 Å². The molecule has 0 aliphatic rings. The molecule has 2 heterocycles. The number of hydrogen-bond acceptors (Lipinski definition) is 2. The summed E-state index contributed by atoms with van der Waals surface area (Å²) in [6, 6.07) is 22.5. The third kappa shape index (κ3) is 2.72. The van der Waals surface area contributed by atoms with Gasteiger partial charge in [-0.2, -0.15) is 0 Å². The third-order valence-corrected chi connectivity index (χ3v) is 3.93. The van der Waals surface area contributed by atoms with Gasteiger partial charge in [0, 0.05) is 6.20 Å². The molecule has 0 spiro atoms. The SMILES string of the molecule is Cc1cccc(C=Cc2nc3ccccc3n2-c2ccccn2)c1. The van der Waals surface area contributed by atoms with Gasteiger partial charge >= 0.3 is 0 Å². The van der Waals surface area contributed by atoms with Gasteiger partial charge in [-0.15, -0.1) is 0 Å². The van der Waals surface area contributed by atoms with Crippen molar-refractivity contribution in [3.05, 3.63) is 89.9 Å². The highest BCUT2D eigenvalue weighted by Crippen LogP contribution is 2.21. The Balaban J connectivity index is 1.86. The summed E-state index contributed by atoms with van der Waals surface area (Å²) in [5, 5.41) is 0. The lowest BCUT2D eigenvalue weighted by Crippen LogP contribution is -1.99. The molecule has 24 heavy (non-hydrogen) atoms. The maximum absolute atomic E-state index is 4.76. The largest absolute Gasteiger partial charge is 0.277 e. The summed E-state index contributed by atoms with van der Waals surface area (Å²) in [6.45, 7) is 2.10. The fraction of sp³-hybridized carbons (Fsp3) is 0.0476. The van der Waals surface area contributed by atoms with Gasteiger partial charge in [-0.05, 0) is 42.8 Å². The summed E-state index contributed by atoms with van der Waals surface area (Å²) in [4.78, 5) is 9.25. The van der Waals surface area contributed by atoms with E-state index in [0.29, 0.717) is 0 Å². The number of aryl methyl sites for hydroxylation is 1. The van der Waals surface area contributed by atoms with Crippen molar-refractivity contribution in [2.24, 2.45) is 0 Å². The molecule has 2 aromatic heterocycles. The average molecular weight is 311 g/mol. The van der Waals surface area contributed by atoms with E-state index in [0.717, 1.165) is 28.2 Å². The molecule has 0 bridgehead atoms. The van der Waals surface area contributed by atoms with Gasteiger partial charge in [-0.3, -0.25) is 4.57 Å². The van der Waals surface area contributed by atoms with Crippen molar-refractivity contribution in [2.45, 2.75) is 6.92 Å². The molecule has 3 nitrogen and oxygen atoms in total. The molecule has 4 rings (SSSR count). The van der Waals surface area contributed by atoms with Gasteiger partial charge in [0.15, 0.2) is 0 Å². The molecular formula is C21H17N3. The summed E-state index contributed by atoms with van der Waals surface area (Å²) in [7, 11) is 0. The van der Waals surface area contributed by atoms with Gasteiger partial charge < -0.3 is 0 Å². The van der Waals surface area contributed by atoms with E-state index >= 15 is 0 Å². The van der Waals surface area contributed by atoms with Crippen LogP contribution in [0.1, 0.15) is 17.0 Å². The van der Waals surface area contributed by atoms with E-state index in [1.54, 1.807) is 6.20 Å². The van der Waals surface area contributed by atoms with Crippen LogP contribution in [-0.2, 0) is 0 Å². The molecule has 0 radical (unpaired) electrons. The van der Waals surface area contributed by atoms with Crippen LogP contribution in [0.15, 0.2) is 72.9 Å². The quantitative estimate of drug-likeness (QED) is 0.539. The van der Waals surface area contributed by atoms with Crippen molar-refractivity contribution in [3.63, 3.8) is 0 Å². The minimum atomic E-state index is 0.870. The van der Waals surface area contributed by atoms with Crippen molar-refractivity contribution < 1.29 is 0 Å². The maximum atomic E-state index is 4.76. The van der Waals surface area contributed by atoms with Gasteiger partial charge in [-0.25, -0.2) is 9.97 Å². The first-order chi connectivity index (χ1) is 11.8. The third-order valence-electron chi connectivity index (χ3n) is 3.93. The van der Waals surface area contributed by atoms with Gasteiger partial charge in [0.1, 0.15) is 11.6 Å². The molecule has 0 fully saturated rings. The molecular weight excluding hydrogens is 294 g/mol. The van der Waals surface area contributed by atoms with Gasteiger partial charge in [0.2, 0.25) is 0 Å². The maximum Gasteiger partial charge on any atom is 0.139 e. The first-order valence-electron chi connectivity index (χ1n) is 7.95. The molecule has 116 valence electrons. The summed E-state index contributed by atoms with van der Waals surface area (Å²) in [6.07, 6.45) is 5.94. The Morgan fingerprint density at radius 1 is 0.875 bits per heavy atom. The van der Waals surface area contributed by atoms with Crippen molar-refractivity contribution in [2.75, 3.05) is 0 Å². The van der Waals surface area contributed by atoms with E-state index < -0.39 is 0 Å². The Bertz CT molecular complexity index is 1010. The van der Waals surface area contributed by atoms with Crippen LogP contribution in [0.25, 0.3) is 29.0 Å². The van der Waals surface area contributed by atoms with Gasteiger partial charge in [0.25, 0.3) is 0 Å². The Kier molecular flexibility index (Phi) is 3.67. The van der Waals surface area contributed by atoms with Crippen LogP contribution < -0.4 is 0 Å². The highest BCUT2D eigenvalue weighted by Gasteiger charge is 2.10. The Morgan fingerprint density at radius 3 is 2.58 bits per heavy atom. The highest BCUT2D eigenvalue weighted by molar-refractivity contribution is 5.81. The molecule has 0 aliphatic carbocycles. The molecule has 4 aromatic rings. The number of hydrogen-bond donors (Lipinski definition) is 0. The molecule has 3 heteroatoms. The van der Waals surface area contributed by atoms with E-state index in [-0.39, 0.29) is 0 Å². The van der Waals surface area contributed by atoms with Crippen molar-refractivity contribution >= 4 is 23.2 Å². The van der Waals surface area contributed by atoms with Crippen LogP contribution in [0.5, 0.6) is 0 Å². The highest BCUT2D eigenvalue weighted by atomic mass is 15.1. The van der Waals surface area contributed by atoms with Crippen LogP contribution >= 0.6 is 0 Å². The smallest absolute Gasteiger partial charge is 0.139 e. The Morgan fingerprint density at radius 2 is 1.75 bits per heavy atom. The second kappa shape index (κ2) is 6.13. The lowest BCUT2D eigenvalue weighted by molar-refractivity contribution is 1.01. The standard InChI is InChI=1S/C21H17N3/c1-16-7-6-8-17(15-16)12-13-21-23-18-9-2-3-10-19(18)24(21)20-11-4-5-14-22-20/h2-15H,1H3. The number of nitrogens with zero attached hydrogens (tertiary/aromatic N) is 3. The summed E-state index contributed by atoms with van der Waals surface area (Å²) < 4.78 is 2.08. The van der Waals surface area contributed by atoms with E-state index in [4.69, 9.17) is 4.98 Å². The zero-order valence-electron chi connectivity index (χ0n) is 13.4. The van der Waals surface area contributed by atoms with Crippen molar-refractivity contribution in [1.82, 2.24) is 14.5 Å². The number of aromatic nitrogens is 3. The molecule has 0 saturated heterocycles. The van der Waals surface area contributed by atoms with Crippen LogP contribution in [0.3, 0.4) is 0 Å². The van der Waals surface area contributed by atoms with Crippen LogP contribution in [0, 0.1) is 6.92 Å². The lowest BCUT2D eigenvalue weighted by atomic mass is 10.1. The predicted molar refractivity (Wildman–Crippen MR) is 99.0 cm³/mol. The number of rotatable bonds is 3. The average Bonchev–Trinajstić information content (AvgIpc) is 2.99. The molecule has 0 atom stereocenters. The normalized spacial score (nSPS) is 11.4. The Labute approximate surface area is 140 Å². The van der Waals surface area contributed by atoms with Crippen LogP contribution in [0.2, 0.25) is 0 Å². The zero-order valence-corrected chi connectivity index (χ0v) is 13.4. The zero-order chi connectivity index (χ0) is 16.4. The van der Waals surface area contributed by atoms with Gasteiger partial charge in [0.05, 0.1) is 11.0 Å². The summed E-state index contributed by atoms with van der Waals surface area (Å²) in [5.74, 6) is 1.74. The number of fused-ring (bicyclic) bond motifs is 1. The first kappa shape index (κ1) is 14.4. The van der Waals surface area contributed by atoms with E-state index in [1.165, 1.54) is 5.56 Å². The number of benzene rings is 2. The molecule has 0 aliphatic heterocycles. The lowest BCUT2D eigenvalue weighted by Gasteiger charge is -2.05. The number of imidazole rings is 1. The molecule has 0 amide bonds. The summed E-state index contributed by atoms with van der Waals surface area (Å²) in [5.41, 5.74) is 4.43. The number of pyridine rings is 1. The van der Waals surface area contributed by atoms with Crippen LogP contribution in [-0.4, -0.2) is 14.5 Å². The Hall–Kier alpha value is -3.20. The fourth-order valence-corrected chi connectivity index (χ4v) is 2.83. The monoisotopic (exact) mass is 311 g/mol. The van der Waals surface area contributed by atoms with Gasteiger partial charge in [-0.1, -0.05) is 54.1 Å². The second-order valence-corrected chi connectivity index (χ2v) is 5.73. The van der Waals surface area contributed by atoms with E-state index in [2.05, 4.69) is 52.9 Å². The van der Waals surface area contributed by atoms with E-state index in [1.807, 2.05) is 42.5 Å². The minimum absolute atomic E-state index is 0.870. The molecule has 2 aromatic carbocycles. The number of para-hydroxylation sites is 2. The van der Waals surface area contributed by atoms with Crippen molar-refractivity contribution in [3.8, 4) is 5.82 Å². The molecule has 0 N–H and O–H groups in total.